The normalized spacial score (nSPS) is 19.6. The van der Waals surface area contributed by atoms with Gasteiger partial charge in [-0.15, -0.1) is 11.3 Å². The Kier molecular flexibility index (Phi) is 4.34. The first kappa shape index (κ1) is 14.3. The Hall–Kier alpha value is -1.68. The Balaban J connectivity index is 1.59. The van der Waals surface area contributed by atoms with Gasteiger partial charge in [0.15, 0.2) is 0 Å². The van der Waals surface area contributed by atoms with Gasteiger partial charge < -0.3 is 5.32 Å². The number of benzene rings is 1. The van der Waals surface area contributed by atoms with Gasteiger partial charge in [0.05, 0.1) is 15.2 Å². The van der Waals surface area contributed by atoms with Gasteiger partial charge in [-0.2, -0.15) is 0 Å². The highest BCUT2D eigenvalue weighted by Crippen LogP contribution is 2.27. The monoisotopic (exact) mass is 300 g/mol. The van der Waals surface area contributed by atoms with Crippen molar-refractivity contribution in [3.8, 4) is 0 Å². The highest BCUT2D eigenvalue weighted by molar-refractivity contribution is 7.18. The minimum absolute atomic E-state index is 0.151. The summed E-state index contributed by atoms with van der Waals surface area (Å²) in [6, 6.07) is 8.17. The van der Waals surface area contributed by atoms with Gasteiger partial charge in [0.1, 0.15) is 0 Å². The molecule has 0 spiro atoms. The van der Waals surface area contributed by atoms with Gasteiger partial charge in [0.25, 0.3) is 0 Å². The van der Waals surface area contributed by atoms with E-state index >= 15 is 0 Å². The van der Waals surface area contributed by atoms with Gasteiger partial charge in [-0.3, -0.25) is 4.79 Å². The molecule has 0 radical (unpaired) electrons. The molecule has 1 aliphatic rings. The quantitative estimate of drug-likeness (QED) is 0.871. The molecular formula is C17H20N2OS. The Morgan fingerprint density at radius 3 is 3.05 bits per heavy atom. The van der Waals surface area contributed by atoms with Crippen molar-refractivity contribution in [3.05, 3.63) is 41.4 Å². The molecule has 4 heteroatoms. The molecular weight excluding hydrogens is 280 g/mol. The van der Waals surface area contributed by atoms with Crippen LogP contribution in [0, 0.1) is 5.92 Å². The third-order valence-electron chi connectivity index (χ3n) is 3.95. The highest BCUT2D eigenvalue weighted by Gasteiger charge is 2.19. The summed E-state index contributed by atoms with van der Waals surface area (Å²) in [4.78, 5) is 16.8. The first-order chi connectivity index (χ1) is 10.2. The number of nitrogens with zero attached hydrogens (tertiary/aromatic N) is 1. The lowest BCUT2D eigenvalue weighted by atomic mass is 9.93. The topological polar surface area (TPSA) is 42.0 Å². The van der Waals surface area contributed by atoms with E-state index in [4.69, 9.17) is 0 Å². The molecule has 110 valence electrons. The molecule has 0 saturated carbocycles. The minimum Gasteiger partial charge on any atom is -0.355 e. The number of carbonyl (C=O) groups is 1. The lowest BCUT2D eigenvalue weighted by molar-refractivity contribution is -0.125. The summed E-state index contributed by atoms with van der Waals surface area (Å²) in [5.41, 5.74) is 1.05. The predicted octanol–water partition coefficient (Wildman–Crippen LogP) is 3.87. The van der Waals surface area contributed by atoms with Crippen LogP contribution in [-0.2, 0) is 4.79 Å². The Bertz CT molecular complexity index is 629. The summed E-state index contributed by atoms with van der Waals surface area (Å²) in [5.74, 6) is 0.593. The number of thiazole rings is 1. The molecule has 0 aliphatic heterocycles. The number of allylic oxidation sites excluding steroid dienone is 2. The standard InChI is InChI=1S/C17H20N2OS/c1-12(11-18-16(20)13-7-3-2-4-8-13)17-19-14-9-5-6-10-15(14)21-17/h2-3,5-6,9-10,12-13H,4,7-8,11H2,1H3,(H,18,20). The van der Waals surface area contributed by atoms with Crippen LogP contribution in [0.3, 0.4) is 0 Å². The molecule has 1 aromatic carbocycles. The average molecular weight is 300 g/mol. The van der Waals surface area contributed by atoms with E-state index in [2.05, 4.69) is 35.4 Å². The molecule has 2 atom stereocenters. The Labute approximate surface area is 129 Å². The summed E-state index contributed by atoms with van der Waals surface area (Å²) in [6.45, 7) is 2.79. The van der Waals surface area contributed by atoms with Gasteiger partial charge in [-0.05, 0) is 31.4 Å². The van der Waals surface area contributed by atoms with Gasteiger partial charge in [0, 0.05) is 18.4 Å². The molecule has 3 nitrogen and oxygen atoms in total. The molecule has 2 aromatic rings. The zero-order valence-electron chi connectivity index (χ0n) is 12.2. The molecule has 1 heterocycles. The first-order valence-electron chi connectivity index (χ1n) is 7.52. The second-order valence-corrected chi connectivity index (χ2v) is 6.71. The molecule has 1 aromatic heterocycles. The second-order valence-electron chi connectivity index (χ2n) is 5.65. The minimum atomic E-state index is 0.151. The number of hydrogen-bond acceptors (Lipinski definition) is 3. The van der Waals surface area contributed by atoms with E-state index in [1.807, 2.05) is 18.2 Å². The number of para-hydroxylation sites is 1. The molecule has 1 amide bonds. The van der Waals surface area contributed by atoms with E-state index in [0.29, 0.717) is 6.54 Å². The number of amides is 1. The number of fused-ring (bicyclic) bond motifs is 1. The van der Waals surface area contributed by atoms with Crippen molar-refractivity contribution in [1.29, 1.82) is 0 Å². The summed E-state index contributed by atoms with van der Waals surface area (Å²) in [7, 11) is 0. The molecule has 1 N–H and O–H groups in total. The number of nitrogens with one attached hydrogen (secondary N) is 1. The molecule has 0 saturated heterocycles. The third kappa shape index (κ3) is 3.32. The smallest absolute Gasteiger partial charge is 0.223 e. The maximum Gasteiger partial charge on any atom is 0.223 e. The lowest BCUT2D eigenvalue weighted by Gasteiger charge is -2.18. The Morgan fingerprint density at radius 1 is 1.43 bits per heavy atom. The van der Waals surface area contributed by atoms with Gasteiger partial charge in [0.2, 0.25) is 5.91 Å². The second kappa shape index (κ2) is 6.39. The van der Waals surface area contributed by atoms with E-state index in [9.17, 15) is 4.79 Å². The van der Waals surface area contributed by atoms with Crippen LogP contribution in [0.1, 0.15) is 37.1 Å². The van der Waals surface area contributed by atoms with Gasteiger partial charge in [-0.25, -0.2) is 4.98 Å². The van der Waals surface area contributed by atoms with Crippen molar-refractivity contribution in [2.45, 2.75) is 32.1 Å². The van der Waals surface area contributed by atoms with Crippen LogP contribution in [0.15, 0.2) is 36.4 Å². The van der Waals surface area contributed by atoms with Crippen molar-refractivity contribution in [2.24, 2.45) is 5.92 Å². The molecule has 0 fully saturated rings. The van der Waals surface area contributed by atoms with Crippen LogP contribution >= 0.6 is 11.3 Å². The van der Waals surface area contributed by atoms with Crippen LogP contribution in [0.4, 0.5) is 0 Å². The van der Waals surface area contributed by atoms with Crippen molar-refractivity contribution < 1.29 is 4.79 Å². The lowest BCUT2D eigenvalue weighted by Crippen LogP contribution is -2.33. The largest absolute Gasteiger partial charge is 0.355 e. The van der Waals surface area contributed by atoms with Gasteiger partial charge >= 0.3 is 0 Å². The van der Waals surface area contributed by atoms with E-state index in [1.165, 1.54) is 4.70 Å². The molecule has 0 bridgehead atoms. The van der Waals surface area contributed by atoms with E-state index in [0.717, 1.165) is 29.8 Å². The molecule has 21 heavy (non-hydrogen) atoms. The fourth-order valence-electron chi connectivity index (χ4n) is 2.62. The highest BCUT2D eigenvalue weighted by atomic mass is 32.1. The number of hydrogen-bond donors (Lipinski definition) is 1. The van der Waals surface area contributed by atoms with E-state index in [-0.39, 0.29) is 17.7 Å². The van der Waals surface area contributed by atoms with Crippen LogP contribution in [0.25, 0.3) is 10.2 Å². The van der Waals surface area contributed by atoms with Crippen molar-refractivity contribution in [1.82, 2.24) is 10.3 Å². The summed E-state index contributed by atoms with van der Waals surface area (Å²) < 4.78 is 1.21. The van der Waals surface area contributed by atoms with Crippen LogP contribution < -0.4 is 5.32 Å². The first-order valence-corrected chi connectivity index (χ1v) is 8.34. The Morgan fingerprint density at radius 2 is 2.29 bits per heavy atom. The summed E-state index contributed by atoms with van der Waals surface area (Å²) in [6.07, 6.45) is 7.14. The number of rotatable bonds is 4. The zero-order valence-corrected chi connectivity index (χ0v) is 13.0. The van der Waals surface area contributed by atoms with Crippen LogP contribution in [0.5, 0.6) is 0 Å². The molecule has 1 aliphatic carbocycles. The van der Waals surface area contributed by atoms with E-state index < -0.39 is 0 Å². The molecule has 3 rings (SSSR count). The van der Waals surface area contributed by atoms with Crippen molar-refractivity contribution in [2.75, 3.05) is 6.54 Å². The van der Waals surface area contributed by atoms with Crippen molar-refractivity contribution >= 4 is 27.5 Å². The van der Waals surface area contributed by atoms with Crippen molar-refractivity contribution in [3.63, 3.8) is 0 Å². The fourth-order valence-corrected chi connectivity index (χ4v) is 3.64. The summed E-state index contributed by atoms with van der Waals surface area (Å²) in [5, 5.41) is 4.19. The maximum absolute atomic E-state index is 12.1. The fraction of sp³-hybridized carbons (Fsp3) is 0.412. The van der Waals surface area contributed by atoms with E-state index in [1.54, 1.807) is 11.3 Å². The average Bonchev–Trinajstić information content (AvgIpc) is 2.97. The number of carbonyl (C=O) groups excluding carboxylic acids is 1. The predicted molar refractivity (Wildman–Crippen MR) is 87.5 cm³/mol. The zero-order chi connectivity index (χ0) is 14.7. The SMILES string of the molecule is CC(CNC(=O)C1CC=CCC1)c1nc2ccccc2s1. The third-order valence-corrected chi connectivity index (χ3v) is 5.22. The van der Waals surface area contributed by atoms with Gasteiger partial charge in [-0.1, -0.05) is 31.2 Å². The van der Waals surface area contributed by atoms with Crippen LogP contribution in [-0.4, -0.2) is 17.4 Å². The number of aromatic nitrogens is 1. The molecule has 2 unspecified atom stereocenters. The summed E-state index contributed by atoms with van der Waals surface area (Å²) >= 11 is 1.72. The maximum atomic E-state index is 12.1. The van der Waals surface area contributed by atoms with Crippen LogP contribution in [0.2, 0.25) is 0 Å².